The standard InChI is InChI=1S/C26H34N4O3/c1-33-24(31)8-5-16-30(17-13-20-6-3-2-4-7-20)26(32)22-14-18-29(19-15-22)23-11-9-21(10-12-23)25(27)28/h2-4,6-7,9-12,22H,5,8,13-19H2,1H3,(H3,27,28). The normalized spacial score (nSPS) is 14.0. The highest BCUT2D eigenvalue weighted by Gasteiger charge is 2.28. The van der Waals surface area contributed by atoms with E-state index in [1.807, 2.05) is 47.4 Å². The van der Waals surface area contributed by atoms with Crippen molar-refractivity contribution in [2.45, 2.75) is 32.1 Å². The number of ether oxygens (including phenoxy) is 1. The molecule has 3 rings (SSSR count). The maximum absolute atomic E-state index is 13.4. The zero-order chi connectivity index (χ0) is 23.6. The number of nitrogens with two attached hydrogens (primary N) is 1. The van der Waals surface area contributed by atoms with E-state index < -0.39 is 0 Å². The van der Waals surface area contributed by atoms with Crippen molar-refractivity contribution in [3.8, 4) is 0 Å². The van der Waals surface area contributed by atoms with Gasteiger partial charge in [0.1, 0.15) is 5.84 Å². The van der Waals surface area contributed by atoms with Crippen molar-refractivity contribution >= 4 is 23.4 Å². The van der Waals surface area contributed by atoms with Crippen molar-refractivity contribution in [3.05, 3.63) is 65.7 Å². The van der Waals surface area contributed by atoms with Crippen LogP contribution in [0.1, 0.15) is 36.8 Å². The average Bonchev–Trinajstić information content (AvgIpc) is 2.86. The molecule has 1 saturated heterocycles. The van der Waals surface area contributed by atoms with E-state index in [1.165, 1.54) is 12.7 Å². The first kappa shape index (κ1) is 24.3. The average molecular weight is 451 g/mol. The van der Waals surface area contributed by atoms with Crippen molar-refractivity contribution in [2.24, 2.45) is 11.7 Å². The third-order valence-electron chi connectivity index (χ3n) is 6.25. The quantitative estimate of drug-likeness (QED) is 0.329. The first-order chi connectivity index (χ1) is 16.0. The second kappa shape index (κ2) is 12.0. The molecule has 0 saturated carbocycles. The number of esters is 1. The number of carbonyl (C=O) groups is 2. The molecule has 0 spiro atoms. The van der Waals surface area contributed by atoms with Gasteiger partial charge < -0.3 is 20.3 Å². The van der Waals surface area contributed by atoms with Crippen LogP contribution in [0.3, 0.4) is 0 Å². The van der Waals surface area contributed by atoms with Crippen molar-refractivity contribution < 1.29 is 14.3 Å². The number of amidine groups is 1. The van der Waals surface area contributed by atoms with Crippen molar-refractivity contribution in [2.75, 3.05) is 38.2 Å². The highest BCUT2D eigenvalue weighted by atomic mass is 16.5. The van der Waals surface area contributed by atoms with Gasteiger partial charge in [-0.05, 0) is 55.5 Å². The summed E-state index contributed by atoms with van der Waals surface area (Å²) in [4.78, 5) is 29.1. The molecule has 0 atom stereocenters. The minimum atomic E-state index is -0.241. The van der Waals surface area contributed by atoms with Gasteiger partial charge in [-0.3, -0.25) is 15.0 Å². The molecule has 2 aromatic carbocycles. The van der Waals surface area contributed by atoms with E-state index >= 15 is 0 Å². The topological polar surface area (TPSA) is 99.7 Å². The molecule has 0 unspecified atom stereocenters. The Hall–Kier alpha value is -3.35. The molecule has 33 heavy (non-hydrogen) atoms. The third-order valence-corrected chi connectivity index (χ3v) is 6.25. The van der Waals surface area contributed by atoms with E-state index in [-0.39, 0.29) is 23.6 Å². The number of carbonyl (C=O) groups excluding carboxylic acids is 2. The Morgan fingerprint density at radius 3 is 2.33 bits per heavy atom. The monoisotopic (exact) mass is 450 g/mol. The summed E-state index contributed by atoms with van der Waals surface area (Å²) in [5, 5.41) is 7.53. The van der Waals surface area contributed by atoms with Gasteiger partial charge in [-0.25, -0.2) is 0 Å². The maximum atomic E-state index is 13.4. The van der Waals surface area contributed by atoms with E-state index in [0.717, 1.165) is 38.0 Å². The van der Waals surface area contributed by atoms with Gasteiger partial charge >= 0.3 is 5.97 Å². The fraction of sp³-hybridized carbons (Fsp3) is 0.423. The number of benzene rings is 2. The van der Waals surface area contributed by atoms with Crippen LogP contribution in [0.5, 0.6) is 0 Å². The Morgan fingerprint density at radius 2 is 1.73 bits per heavy atom. The Bertz CT molecular complexity index is 922. The lowest BCUT2D eigenvalue weighted by atomic mass is 9.94. The van der Waals surface area contributed by atoms with E-state index in [4.69, 9.17) is 15.9 Å². The first-order valence-corrected chi connectivity index (χ1v) is 11.6. The van der Waals surface area contributed by atoms with Crippen molar-refractivity contribution in [3.63, 3.8) is 0 Å². The van der Waals surface area contributed by atoms with Gasteiger partial charge in [0, 0.05) is 49.8 Å². The van der Waals surface area contributed by atoms with E-state index in [2.05, 4.69) is 17.0 Å². The van der Waals surface area contributed by atoms with Gasteiger partial charge in [-0.2, -0.15) is 0 Å². The molecule has 0 aromatic heterocycles. The minimum absolute atomic E-state index is 0.00774. The fourth-order valence-electron chi connectivity index (χ4n) is 4.25. The molecule has 0 radical (unpaired) electrons. The van der Waals surface area contributed by atoms with Gasteiger partial charge in [0.2, 0.25) is 5.91 Å². The molecule has 2 aromatic rings. The molecule has 7 heteroatoms. The molecule has 1 aliphatic rings. The number of nitrogens with zero attached hydrogens (tertiary/aromatic N) is 2. The molecule has 1 heterocycles. The minimum Gasteiger partial charge on any atom is -0.469 e. The number of piperidine rings is 1. The molecule has 1 aliphatic heterocycles. The van der Waals surface area contributed by atoms with Crippen LogP contribution in [0.25, 0.3) is 0 Å². The number of nitrogens with one attached hydrogen (secondary N) is 1. The number of rotatable bonds is 10. The van der Waals surface area contributed by atoms with Crippen LogP contribution in [0.4, 0.5) is 5.69 Å². The summed E-state index contributed by atoms with van der Waals surface area (Å²) in [5.74, 6) is -0.00257. The molecule has 3 N–H and O–H groups in total. The van der Waals surface area contributed by atoms with Crippen LogP contribution in [0, 0.1) is 11.3 Å². The molecule has 1 amide bonds. The van der Waals surface area contributed by atoms with Gasteiger partial charge in [-0.15, -0.1) is 0 Å². The van der Waals surface area contributed by atoms with Crippen LogP contribution in [-0.2, 0) is 20.7 Å². The van der Waals surface area contributed by atoms with Crippen molar-refractivity contribution in [1.29, 1.82) is 5.41 Å². The van der Waals surface area contributed by atoms with Crippen LogP contribution >= 0.6 is 0 Å². The summed E-state index contributed by atoms with van der Waals surface area (Å²) in [7, 11) is 1.39. The molecule has 7 nitrogen and oxygen atoms in total. The number of methoxy groups -OCH3 is 1. The van der Waals surface area contributed by atoms with E-state index in [1.54, 1.807) is 0 Å². The third kappa shape index (κ3) is 7.07. The Morgan fingerprint density at radius 1 is 1.06 bits per heavy atom. The summed E-state index contributed by atoms with van der Waals surface area (Å²) in [6.45, 7) is 2.83. The van der Waals surface area contributed by atoms with Crippen LogP contribution < -0.4 is 10.6 Å². The first-order valence-electron chi connectivity index (χ1n) is 11.6. The summed E-state index contributed by atoms with van der Waals surface area (Å²) in [5.41, 5.74) is 8.55. The summed E-state index contributed by atoms with van der Waals surface area (Å²) >= 11 is 0. The van der Waals surface area contributed by atoms with Crippen molar-refractivity contribution in [1.82, 2.24) is 4.90 Å². The largest absolute Gasteiger partial charge is 0.469 e. The smallest absolute Gasteiger partial charge is 0.305 e. The summed E-state index contributed by atoms with van der Waals surface area (Å²) in [6, 6.07) is 17.9. The number of hydrogen-bond donors (Lipinski definition) is 2. The Balaban J connectivity index is 1.57. The molecular formula is C26H34N4O3. The van der Waals surface area contributed by atoms with Gasteiger partial charge in [0.05, 0.1) is 7.11 Å². The number of hydrogen-bond acceptors (Lipinski definition) is 5. The molecule has 0 bridgehead atoms. The predicted octanol–water partition coefficient (Wildman–Crippen LogP) is 3.21. The maximum Gasteiger partial charge on any atom is 0.305 e. The van der Waals surface area contributed by atoms with Crippen LogP contribution in [-0.4, -0.2) is 55.9 Å². The number of anilines is 1. The molecule has 1 fully saturated rings. The van der Waals surface area contributed by atoms with E-state index in [9.17, 15) is 9.59 Å². The molecular weight excluding hydrogens is 416 g/mol. The zero-order valence-electron chi connectivity index (χ0n) is 19.3. The summed E-state index contributed by atoms with van der Waals surface area (Å²) in [6.07, 6.45) is 3.32. The number of amides is 1. The second-order valence-electron chi connectivity index (χ2n) is 8.46. The second-order valence-corrected chi connectivity index (χ2v) is 8.46. The lowest BCUT2D eigenvalue weighted by Crippen LogP contribution is -2.43. The lowest BCUT2D eigenvalue weighted by molar-refractivity contribution is -0.142. The van der Waals surface area contributed by atoms with Gasteiger partial charge in [0.25, 0.3) is 0 Å². The lowest BCUT2D eigenvalue weighted by Gasteiger charge is -2.35. The fourth-order valence-corrected chi connectivity index (χ4v) is 4.25. The highest BCUT2D eigenvalue weighted by molar-refractivity contribution is 5.95. The molecule has 176 valence electrons. The van der Waals surface area contributed by atoms with Gasteiger partial charge in [0.15, 0.2) is 0 Å². The van der Waals surface area contributed by atoms with Crippen LogP contribution in [0.2, 0.25) is 0 Å². The molecule has 0 aliphatic carbocycles. The Kier molecular flexibility index (Phi) is 8.87. The summed E-state index contributed by atoms with van der Waals surface area (Å²) < 4.78 is 4.75. The predicted molar refractivity (Wildman–Crippen MR) is 130 cm³/mol. The van der Waals surface area contributed by atoms with E-state index in [0.29, 0.717) is 31.5 Å². The highest BCUT2D eigenvalue weighted by Crippen LogP contribution is 2.25. The van der Waals surface area contributed by atoms with Crippen LogP contribution in [0.15, 0.2) is 54.6 Å². The Labute approximate surface area is 196 Å². The SMILES string of the molecule is COC(=O)CCCN(CCc1ccccc1)C(=O)C1CCN(c2ccc(C(=N)N)cc2)CC1. The van der Waals surface area contributed by atoms with Gasteiger partial charge in [-0.1, -0.05) is 30.3 Å². The zero-order valence-corrected chi connectivity index (χ0v) is 19.3. The number of nitrogen functional groups attached to an aromatic ring is 1.